The van der Waals surface area contributed by atoms with Crippen LogP contribution in [0.1, 0.15) is 65.7 Å². The molecule has 1 heterocycles. The number of hydrogen-bond acceptors (Lipinski definition) is 2. The summed E-state index contributed by atoms with van der Waals surface area (Å²) in [7, 11) is 0. The fourth-order valence-corrected chi connectivity index (χ4v) is 3.38. The van der Waals surface area contributed by atoms with Crippen molar-refractivity contribution in [2.24, 2.45) is 11.8 Å². The van der Waals surface area contributed by atoms with Gasteiger partial charge in [0.1, 0.15) is 0 Å². The Morgan fingerprint density at radius 3 is 2.44 bits per heavy atom. The molecule has 0 aromatic rings. The minimum Gasteiger partial charge on any atom is -0.378 e. The lowest BCUT2D eigenvalue weighted by Gasteiger charge is -2.29. The summed E-state index contributed by atoms with van der Waals surface area (Å²) in [5, 5.41) is 3.65. The van der Waals surface area contributed by atoms with Crippen molar-refractivity contribution < 1.29 is 4.74 Å². The molecule has 106 valence electrons. The molecule has 1 saturated heterocycles. The minimum absolute atomic E-state index is 0.234. The molecule has 2 nitrogen and oxygen atoms in total. The van der Waals surface area contributed by atoms with Gasteiger partial charge in [-0.2, -0.15) is 0 Å². The Balaban J connectivity index is 1.76. The number of nitrogens with one attached hydrogen (secondary N) is 1. The first-order chi connectivity index (χ1) is 8.54. The monoisotopic (exact) mass is 253 g/mol. The average molecular weight is 253 g/mol. The molecule has 18 heavy (non-hydrogen) atoms. The summed E-state index contributed by atoms with van der Waals surface area (Å²) in [6.07, 6.45) is 10.3. The third kappa shape index (κ3) is 4.55. The fourth-order valence-electron chi connectivity index (χ4n) is 3.38. The highest BCUT2D eigenvalue weighted by Crippen LogP contribution is 2.33. The molecule has 0 radical (unpaired) electrons. The first-order valence-corrected chi connectivity index (χ1v) is 7.91. The van der Waals surface area contributed by atoms with Crippen molar-refractivity contribution in [3.63, 3.8) is 0 Å². The maximum atomic E-state index is 5.99. The van der Waals surface area contributed by atoms with Gasteiger partial charge in [0.2, 0.25) is 0 Å². The van der Waals surface area contributed by atoms with E-state index in [-0.39, 0.29) is 5.54 Å². The van der Waals surface area contributed by atoms with E-state index in [2.05, 4.69) is 26.1 Å². The minimum atomic E-state index is 0.234. The Hall–Kier alpha value is -0.0800. The average Bonchev–Trinajstić information content (AvgIpc) is 2.74. The second kappa shape index (κ2) is 6.38. The van der Waals surface area contributed by atoms with Crippen LogP contribution in [0.15, 0.2) is 0 Å². The van der Waals surface area contributed by atoms with Crippen molar-refractivity contribution in [3.05, 3.63) is 0 Å². The lowest BCUT2D eigenvalue weighted by atomic mass is 9.83. The fraction of sp³-hybridized carbons (Fsp3) is 1.00. The zero-order valence-electron chi connectivity index (χ0n) is 12.5. The summed E-state index contributed by atoms with van der Waals surface area (Å²) < 4.78 is 5.99. The molecule has 0 amide bonds. The third-order valence-corrected chi connectivity index (χ3v) is 4.53. The smallest absolute Gasteiger partial charge is 0.0618 e. The molecule has 0 spiro atoms. The molecule has 0 bridgehead atoms. The van der Waals surface area contributed by atoms with Crippen molar-refractivity contribution in [3.8, 4) is 0 Å². The molecule has 2 atom stereocenters. The van der Waals surface area contributed by atoms with Crippen LogP contribution < -0.4 is 5.32 Å². The van der Waals surface area contributed by atoms with Crippen molar-refractivity contribution in [2.75, 3.05) is 13.2 Å². The van der Waals surface area contributed by atoms with Crippen LogP contribution >= 0.6 is 0 Å². The van der Waals surface area contributed by atoms with Gasteiger partial charge in [-0.3, -0.25) is 0 Å². The van der Waals surface area contributed by atoms with Gasteiger partial charge in [0.25, 0.3) is 0 Å². The molecular formula is C16H31NO. The van der Waals surface area contributed by atoms with Gasteiger partial charge in [0.05, 0.1) is 6.10 Å². The van der Waals surface area contributed by atoms with Crippen molar-refractivity contribution in [2.45, 2.75) is 77.4 Å². The quantitative estimate of drug-likeness (QED) is 0.824. The Morgan fingerprint density at radius 1 is 1.06 bits per heavy atom. The molecule has 2 heteroatoms. The Morgan fingerprint density at radius 2 is 1.78 bits per heavy atom. The summed E-state index contributed by atoms with van der Waals surface area (Å²) in [5.41, 5.74) is 0.234. The second-order valence-electron chi connectivity index (χ2n) is 7.33. The van der Waals surface area contributed by atoms with E-state index >= 15 is 0 Å². The number of hydrogen-bond donors (Lipinski definition) is 1. The highest BCUT2D eigenvalue weighted by molar-refractivity contribution is 4.83. The molecule has 2 fully saturated rings. The van der Waals surface area contributed by atoms with Crippen LogP contribution in [0.25, 0.3) is 0 Å². The molecule has 1 N–H and O–H groups in total. The van der Waals surface area contributed by atoms with Gasteiger partial charge in [-0.15, -0.1) is 0 Å². The van der Waals surface area contributed by atoms with E-state index in [1.807, 2.05) is 0 Å². The standard InChI is InChI=1S/C16H31NO/c1-16(2,3)17-12-14-9-10-18-15(14)11-13-7-5-4-6-8-13/h13-15,17H,4-12H2,1-3H3. The maximum absolute atomic E-state index is 5.99. The normalized spacial score (nSPS) is 30.8. The van der Waals surface area contributed by atoms with E-state index < -0.39 is 0 Å². The van der Waals surface area contributed by atoms with Crippen LogP contribution in [0.4, 0.5) is 0 Å². The summed E-state index contributed by atoms with van der Waals surface area (Å²) in [5.74, 6) is 1.69. The Bertz CT molecular complexity index is 240. The molecule has 0 aromatic heterocycles. The van der Waals surface area contributed by atoms with E-state index in [4.69, 9.17) is 4.74 Å². The Labute approximate surface area is 113 Å². The van der Waals surface area contributed by atoms with Crippen LogP contribution in [0.3, 0.4) is 0 Å². The summed E-state index contributed by atoms with van der Waals surface area (Å²) >= 11 is 0. The summed E-state index contributed by atoms with van der Waals surface area (Å²) in [6, 6.07) is 0. The second-order valence-corrected chi connectivity index (χ2v) is 7.33. The SMILES string of the molecule is CC(C)(C)NCC1CCOC1CC1CCCCC1. The van der Waals surface area contributed by atoms with E-state index in [1.165, 1.54) is 44.9 Å². The van der Waals surface area contributed by atoms with Crippen LogP contribution in [0.2, 0.25) is 0 Å². The summed E-state index contributed by atoms with van der Waals surface area (Å²) in [4.78, 5) is 0. The first kappa shape index (κ1) is 14.3. The third-order valence-electron chi connectivity index (χ3n) is 4.53. The van der Waals surface area contributed by atoms with Gasteiger partial charge in [-0.25, -0.2) is 0 Å². The van der Waals surface area contributed by atoms with E-state index in [0.717, 1.165) is 25.0 Å². The predicted molar refractivity (Wildman–Crippen MR) is 76.8 cm³/mol. The van der Waals surface area contributed by atoms with E-state index in [9.17, 15) is 0 Å². The highest BCUT2D eigenvalue weighted by atomic mass is 16.5. The van der Waals surface area contributed by atoms with Crippen molar-refractivity contribution >= 4 is 0 Å². The van der Waals surface area contributed by atoms with Gasteiger partial charge >= 0.3 is 0 Å². The summed E-state index contributed by atoms with van der Waals surface area (Å²) in [6.45, 7) is 8.85. The number of ether oxygens (including phenoxy) is 1. The van der Waals surface area contributed by atoms with E-state index in [1.54, 1.807) is 0 Å². The molecule has 0 aromatic carbocycles. The van der Waals surface area contributed by atoms with Gasteiger partial charge < -0.3 is 10.1 Å². The lowest BCUT2D eigenvalue weighted by Crippen LogP contribution is -2.41. The van der Waals surface area contributed by atoms with Gasteiger partial charge in [0, 0.05) is 18.7 Å². The first-order valence-electron chi connectivity index (χ1n) is 7.91. The zero-order valence-corrected chi connectivity index (χ0v) is 12.5. The maximum Gasteiger partial charge on any atom is 0.0618 e. The largest absolute Gasteiger partial charge is 0.378 e. The molecule has 1 aliphatic heterocycles. The molecule has 1 saturated carbocycles. The lowest BCUT2D eigenvalue weighted by molar-refractivity contribution is 0.0617. The topological polar surface area (TPSA) is 21.3 Å². The molecule has 2 rings (SSSR count). The molecule has 2 aliphatic rings. The van der Waals surface area contributed by atoms with E-state index in [0.29, 0.717) is 6.10 Å². The highest BCUT2D eigenvalue weighted by Gasteiger charge is 2.31. The molecule has 2 unspecified atom stereocenters. The van der Waals surface area contributed by atoms with Crippen LogP contribution in [-0.2, 0) is 4.74 Å². The van der Waals surface area contributed by atoms with Gasteiger partial charge in [-0.05, 0) is 45.4 Å². The predicted octanol–water partition coefficient (Wildman–Crippen LogP) is 3.75. The number of rotatable bonds is 4. The van der Waals surface area contributed by atoms with Gasteiger partial charge in [0.15, 0.2) is 0 Å². The molecule has 1 aliphatic carbocycles. The van der Waals surface area contributed by atoms with Crippen molar-refractivity contribution in [1.29, 1.82) is 0 Å². The zero-order chi connectivity index (χ0) is 13.0. The van der Waals surface area contributed by atoms with Crippen LogP contribution in [0.5, 0.6) is 0 Å². The van der Waals surface area contributed by atoms with Crippen LogP contribution in [0, 0.1) is 11.8 Å². The van der Waals surface area contributed by atoms with Gasteiger partial charge in [-0.1, -0.05) is 32.1 Å². The Kier molecular flexibility index (Phi) is 5.08. The van der Waals surface area contributed by atoms with Crippen molar-refractivity contribution in [1.82, 2.24) is 5.32 Å². The molecular weight excluding hydrogens is 222 g/mol. The van der Waals surface area contributed by atoms with Crippen LogP contribution in [-0.4, -0.2) is 24.8 Å².